The number of H-pyrrole nitrogens is 1. The average molecular weight is 318 g/mol. The molecule has 5 heteroatoms. The molecule has 1 aliphatic heterocycles. The zero-order chi connectivity index (χ0) is 16.8. The lowest BCUT2D eigenvalue weighted by atomic mass is 10.1. The number of benzene rings is 2. The van der Waals surface area contributed by atoms with E-state index in [0.717, 1.165) is 27.8 Å². The van der Waals surface area contributed by atoms with E-state index >= 15 is 0 Å². The van der Waals surface area contributed by atoms with E-state index in [1.807, 2.05) is 50.2 Å². The molecule has 120 valence electrons. The molecule has 3 N–H and O–H groups in total. The largest absolute Gasteiger partial charge is 0.509 e. The van der Waals surface area contributed by atoms with E-state index < -0.39 is 0 Å². The Balaban J connectivity index is 1.75. The molecule has 1 aliphatic rings. The van der Waals surface area contributed by atoms with Crippen molar-refractivity contribution in [3.05, 3.63) is 65.2 Å². The molecule has 0 saturated heterocycles. The number of imidazole rings is 1. The number of aromatic amines is 1. The van der Waals surface area contributed by atoms with Gasteiger partial charge in [-0.2, -0.15) is 0 Å². The third kappa shape index (κ3) is 2.25. The summed E-state index contributed by atoms with van der Waals surface area (Å²) in [7, 11) is 0. The molecule has 3 aromatic rings. The molecule has 4 rings (SSSR count). The number of aromatic nitrogens is 2. The fourth-order valence-corrected chi connectivity index (χ4v) is 3.23. The van der Waals surface area contributed by atoms with E-state index in [-0.39, 0.29) is 18.1 Å². The number of amidine groups is 1. The molecule has 0 saturated carbocycles. The second kappa shape index (κ2) is 5.23. The highest BCUT2D eigenvalue weighted by atomic mass is 16.3. The molecule has 24 heavy (non-hydrogen) atoms. The lowest BCUT2D eigenvalue weighted by molar-refractivity contribution is 0.411. The molecule has 0 radical (unpaired) electrons. The van der Waals surface area contributed by atoms with Gasteiger partial charge < -0.3 is 15.0 Å². The number of para-hydroxylation sites is 2. The van der Waals surface area contributed by atoms with Gasteiger partial charge in [-0.05, 0) is 49.2 Å². The minimum atomic E-state index is 0.165. The Kier molecular flexibility index (Phi) is 3.16. The minimum absolute atomic E-state index is 0.165. The first-order valence-electron chi connectivity index (χ1n) is 7.85. The molecule has 0 aliphatic carbocycles. The third-order valence-electron chi connectivity index (χ3n) is 4.25. The van der Waals surface area contributed by atoms with Crippen molar-refractivity contribution in [3.8, 4) is 0 Å². The van der Waals surface area contributed by atoms with Gasteiger partial charge in [-0.15, -0.1) is 0 Å². The van der Waals surface area contributed by atoms with Gasteiger partial charge in [0, 0.05) is 5.69 Å². The molecule has 1 aromatic heterocycles. The first kappa shape index (κ1) is 14.5. The van der Waals surface area contributed by atoms with Crippen LogP contribution in [0.1, 0.15) is 17.0 Å². The fourth-order valence-electron chi connectivity index (χ4n) is 3.23. The van der Waals surface area contributed by atoms with Crippen molar-refractivity contribution in [2.24, 2.45) is 0 Å². The Labute approximate surface area is 139 Å². The highest BCUT2D eigenvalue weighted by molar-refractivity contribution is 6.30. The van der Waals surface area contributed by atoms with E-state index in [0.29, 0.717) is 11.4 Å². The van der Waals surface area contributed by atoms with Crippen LogP contribution in [0.2, 0.25) is 0 Å². The summed E-state index contributed by atoms with van der Waals surface area (Å²) < 4.78 is 0. The predicted molar refractivity (Wildman–Crippen MR) is 96.6 cm³/mol. The van der Waals surface area contributed by atoms with Gasteiger partial charge in [-0.25, -0.2) is 4.98 Å². The van der Waals surface area contributed by atoms with Crippen molar-refractivity contribution >= 4 is 28.1 Å². The van der Waals surface area contributed by atoms with Crippen LogP contribution >= 0.6 is 0 Å². The van der Waals surface area contributed by atoms with Crippen molar-refractivity contribution in [2.45, 2.75) is 13.8 Å². The topological polar surface area (TPSA) is 76.0 Å². The molecule has 0 amide bonds. The lowest BCUT2D eigenvalue weighted by Crippen LogP contribution is -2.26. The Morgan fingerprint density at radius 2 is 1.83 bits per heavy atom. The van der Waals surface area contributed by atoms with Crippen LogP contribution in [0.25, 0.3) is 16.6 Å². The summed E-state index contributed by atoms with van der Waals surface area (Å²) in [5.74, 6) is 0.959. The summed E-state index contributed by atoms with van der Waals surface area (Å²) in [4.78, 5) is 9.52. The van der Waals surface area contributed by atoms with Gasteiger partial charge in [0.05, 0.1) is 23.2 Å². The van der Waals surface area contributed by atoms with Crippen molar-refractivity contribution in [1.82, 2.24) is 9.97 Å². The van der Waals surface area contributed by atoms with Crippen molar-refractivity contribution < 1.29 is 5.11 Å². The van der Waals surface area contributed by atoms with Crippen LogP contribution in [0.4, 0.5) is 5.69 Å². The smallest absolute Gasteiger partial charge is 0.145 e. The number of rotatable bonds is 2. The van der Waals surface area contributed by atoms with E-state index in [4.69, 9.17) is 5.41 Å². The number of hydrogen-bond acceptors (Lipinski definition) is 3. The van der Waals surface area contributed by atoms with Crippen LogP contribution in [0.5, 0.6) is 0 Å². The van der Waals surface area contributed by atoms with Gasteiger partial charge >= 0.3 is 0 Å². The Hall–Kier alpha value is -3.08. The summed E-state index contributed by atoms with van der Waals surface area (Å²) in [5, 5.41) is 19.0. The van der Waals surface area contributed by atoms with Gasteiger partial charge in [0.25, 0.3) is 0 Å². The Bertz CT molecular complexity index is 946. The minimum Gasteiger partial charge on any atom is -0.509 e. The molecule has 0 fully saturated rings. The Morgan fingerprint density at radius 1 is 1.12 bits per heavy atom. The molecule has 0 bridgehead atoms. The average Bonchev–Trinajstić information content (AvgIpc) is 3.06. The molecule has 0 atom stereocenters. The summed E-state index contributed by atoms with van der Waals surface area (Å²) in [6.45, 7) is 4.35. The summed E-state index contributed by atoms with van der Waals surface area (Å²) in [6.07, 6.45) is 0. The standard InChI is InChI=1S/C19H18N4O/c1-11-7-12(2)9-13(8-11)23-10-16(24)17(18(23)20)19-21-14-5-3-4-6-15(14)22-19/h3-9,20,24H,10H2,1-2H3,(H,21,22). The van der Waals surface area contributed by atoms with Gasteiger partial charge in [0.15, 0.2) is 0 Å². The summed E-state index contributed by atoms with van der Waals surface area (Å²) >= 11 is 0. The lowest BCUT2D eigenvalue weighted by Gasteiger charge is -2.19. The number of nitrogens with one attached hydrogen (secondary N) is 2. The molecule has 0 spiro atoms. The molecular formula is C19H18N4O. The first-order valence-corrected chi connectivity index (χ1v) is 7.85. The van der Waals surface area contributed by atoms with Crippen LogP contribution in [0, 0.1) is 19.3 Å². The quantitative estimate of drug-likeness (QED) is 0.669. The SMILES string of the molecule is Cc1cc(C)cc(N2CC(O)=C(c3nc4ccccc4[nH]3)C2=N)c1. The number of nitrogens with zero attached hydrogens (tertiary/aromatic N) is 2. The highest BCUT2D eigenvalue weighted by Crippen LogP contribution is 2.31. The maximum atomic E-state index is 10.4. The number of hydrogen-bond donors (Lipinski definition) is 3. The summed E-state index contributed by atoms with van der Waals surface area (Å²) in [6, 6.07) is 13.8. The van der Waals surface area contributed by atoms with E-state index in [2.05, 4.69) is 16.0 Å². The molecular weight excluding hydrogens is 300 g/mol. The van der Waals surface area contributed by atoms with Crippen molar-refractivity contribution in [2.75, 3.05) is 11.4 Å². The normalized spacial score (nSPS) is 14.9. The maximum absolute atomic E-state index is 10.4. The molecule has 2 aromatic carbocycles. The zero-order valence-corrected chi connectivity index (χ0v) is 13.6. The second-order valence-electron chi connectivity index (χ2n) is 6.20. The highest BCUT2D eigenvalue weighted by Gasteiger charge is 2.31. The van der Waals surface area contributed by atoms with Crippen molar-refractivity contribution in [3.63, 3.8) is 0 Å². The molecule has 2 heterocycles. The van der Waals surface area contributed by atoms with Crippen LogP contribution in [-0.2, 0) is 0 Å². The third-order valence-corrected chi connectivity index (χ3v) is 4.25. The summed E-state index contributed by atoms with van der Waals surface area (Å²) in [5.41, 5.74) is 5.36. The maximum Gasteiger partial charge on any atom is 0.145 e. The second-order valence-corrected chi connectivity index (χ2v) is 6.20. The first-order chi connectivity index (χ1) is 11.5. The zero-order valence-electron chi connectivity index (χ0n) is 13.6. The number of anilines is 1. The van der Waals surface area contributed by atoms with E-state index in [1.54, 1.807) is 4.90 Å². The van der Waals surface area contributed by atoms with E-state index in [1.165, 1.54) is 0 Å². The fraction of sp³-hybridized carbons (Fsp3) is 0.158. The molecule has 5 nitrogen and oxygen atoms in total. The predicted octanol–water partition coefficient (Wildman–Crippen LogP) is 3.95. The van der Waals surface area contributed by atoms with Gasteiger partial charge in [-0.1, -0.05) is 18.2 Å². The monoisotopic (exact) mass is 318 g/mol. The van der Waals surface area contributed by atoms with Gasteiger partial charge in [0.1, 0.15) is 17.4 Å². The van der Waals surface area contributed by atoms with Crippen LogP contribution < -0.4 is 4.90 Å². The van der Waals surface area contributed by atoms with Crippen molar-refractivity contribution in [1.29, 1.82) is 5.41 Å². The number of aliphatic hydroxyl groups excluding tert-OH is 1. The number of aryl methyl sites for hydroxylation is 2. The van der Waals surface area contributed by atoms with Crippen LogP contribution in [-0.4, -0.2) is 27.5 Å². The van der Waals surface area contributed by atoms with Gasteiger partial charge in [-0.3, -0.25) is 5.41 Å². The van der Waals surface area contributed by atoms with Crippen LogP contribution in [0.3, 0.4) is 0 Å². The number of fused-ring (bicyclic) bond motifs is 1. The van der Waals surface area contributed by atoms with Crippen LogP contribution in [0.15, 0.2) is 48.2 Å². The Morgan fingerprint density at radius 3 is 2.54 bits per heavy atom. The number of aliphatic hydroxyl groups is 1. The van der Waals surface area contributed by atoms with Gasteiger partial charge in [0.2, 0.25) is 0 Å². The molecule has 0 unspecified atom stereocenters. The van der Waals surface area contributed by atoms with E-state index in [9.17, 15) is 5.11 Å².